The van der Waals surface area contributed by atoms with Gasteiger partial charge in [-0.3, -0.25) is 9.59 Å². The molecule has 0 atom stereocenters. The number of nitrogens with one attached hydrogen (secondary N) is 1. The molecule has 3 aromatic heterocycles. The number of rotatable bonds is 8. The van der Waals surface area contributed by atoms with E-state index in [1.807, 2.05) is 13.0 Å². The highest BCUT2D eigenvalue weighted by molar-refractivity contribution is 7.21. The van der Waals surface area contributed by atoms with Crippen molar-refractivity contribution in [2.24, 2.45) is 5.73 Å². The minimum absolute atomic E-state index is 0.0104. The molecular formula is C24H20ClF2N5O3S. The molecule has 0 unspecified atom stereocenters. The third kappa shape index (κ3) is 4.76. The van der Waals surface area contributed by atoms with Gasteiger partial charge in [-0.1, -0.05) is 17.7 Å². The van der Waals surface area contributed by atoms with E-state index in [1.165, 1.54) is 16.8 Å². The number of halogens is 3. The smallest absolute Gasteiger partial charge is 0.280 e. The number of carbonyl (C=O) groups is 2. The third-order valence-corrected chi connectivity index (χ3v) is 7.14. The summed E-state index contributed by atoms with van der Waals surface area (Å²) in [7, 11) is 0. The monoisotopic (exact) mass is 531 g/mol. The Kier molecular flexibility index (Phi) is 6.35. The summed E-state index contributed by atoms with van der Waals surface area (Å²) in [6.45, 7) is 1.92. The molecule has 2 amide bonds. The van der Waals surface area contributed by atoms with E-state index in [0.29, 0.717) is 21.7 Å². The van der Waals surface area contributed by atoms with Crippen molar-refractivity contribution >= 4 is 50.7 Å². The van der Waals surface area contributed by atoms with Crippen molar-refractivity contribution in [1.29, 1.82) is 0 Å². The summed E-state index contributed by atoms with van der Waals surface area (Å²) in [4.78, 5) is 29.5. The first-order valence-electron chi connectivity index (χ1n) is 11.0. The lowest BCUT2D eigenvalue weighted by Crippen LogP contribution is -2.18. The molecule has 1 aromatic carbocycles. The molecule has 0 aliphatic heterocycles. The van der Waals surface area contributed by atoms with Crippen molar-refractivity contribution in [2.45, 2.75) is 38.8 Å². The van der Waals surface area contributed by atoms with Crippen molar-refractivity contribution in [2.75, 3.05) is 5.32 Å². The lowest BCUT2D eigenvalue weighted by atomic mass is 10.0. The van der Waals surface area contributed by atoms with Gasteiger partial charge in [-0.25, -0.2) is 18.4 Å². The average Bonchev–Trinajstić information content (AvgIpc) is 3.46. The average molecular weight is 532 g/mol. The number of pyridine rings is 1. The van der Waals surface area contributed by atoms with Gasteiger partial charge in [0.15, 0.2) is 12.4 Å². The molecule has 1 saturated carbocycles. The van der Waals surface area contributed by atoms with E-state index >= 15 is 0 Å². The normalized spacial score (nSPS) is 13.4. The molecular weight excluding hydrogens is 512 g/mol. The van der Waals surface area contributed by atoms with Crippen LogP contribution in [0.15, 0.2) is 36.5 Å². The summed E-state index contributed by atoms with van der Waals surface area (Å²) in [6, 6.07) is 8.21. The molecule has 1 aliphatic carbocycles. The zero-order chi connectivity index (χ0) is 25.6. The Morgan fingerprint density at radius 1 is 1.31 bits per heavy atom. The van der Waals surface area contributed by atoms with Crippen molar-refractivity contribution in [3.8, 4) is 5.75 Å². The Labute approximate surface area is 213 Å². The lowest BCUT2D eigenvalue weighted by Gasteiger charge is -2.10. The number of ether oxygens (including phenoxy) is 1. The first-order valence-corrected chi connectivity index (χ1v) is 12.2. The van der Waals surface area contributed by atoms with E-state index in [1.54, 1.807) is 18.3 Å². The molecule has 1 fully saturated rings. The van der Waals surface area contributed by atoms with E-state index in [2.05, 4.69) is 15.4 Å². The zero-order valence-corrected chi connectivity index (χ0v) is 20.5. The second-order valence-corrected chi connectivity index (χ2v) is 9.87. The molecule has 0 radical (unpaired) electrons. The maximum Gasteiger partial charge on any atom is 0.280 e. The number of anilines is 1. The van der Waals surface area contributed by atoms with E-state index in [4.69, 9.17) is 22.1 Å². The first kappa shape index (κ1) is 24.1. The van der Waals surface area contributed by atoms with Gasteiger partial charge in [0.25, 0.3) is 18.2 Å². The van der Waals surface area contributed by atoms with Crippen LogP contribution < -0.4 is 15.8 Å². The Hall–Kier alpha value is -3.57. The fourth-order valence-corrected chi connectivity index (χ4v) is 5.05. The van der Waals surface area contributed by atoms with E-state index in [0.717, 1.165) is 29.7 Å². The van der Waals surface area contributed by atoms with Crippen LogP contribution in [0.1, 0.15) is 62.2 Å². The van der Waals surface area contributed by atoms with E-state index < -0.39 is 18.2 Å². The molecule has 186 valence electrons. The number of fused-ring (bicyclic) bond motifs is 1. The number of carbonyl (C=O) groups excluding carboxylic acids is 2. The Bertz CT molecular complexity index is 1500. The van der Waals surface area contributed by atoms with Crippen LogP contribution in [-0.2, 0) is 6.73 Å². The van der Waals surface area contributed by atoms with Gasteiger partial charge in [-0.15, -0.1) is 11.3 Å². The van der Waals surface area contributed by atoms with E-state index in [9.17, 15) is 18.4 Å². The minimum Gasteiger partial charge on any atom is -0.470 e. The van der Waals surface area contributed by atoms with Gasteiger partial charge in [0.1, 0.15) is 21.2 Å². The Morgan fingerprint density at radius 3 is 2.78 bits per heavy atom. The fraction of sp³-hybridized carbons (Fsp3) is 0.250. The van der Waals surface area contributed by atoms with Crippen LogP contribution >= 0.6 is 22.9 Å². The van der Waals surface area contributed by atoms with Crippen molar-refractivity contribution in [1.82, 2.24) is 14.8 Å². The molecule has 12 heteroatoms. The maximum absolute atomic E-state index is 13.4. The number of nitrogens with two attached hydrogens (primary N) is 1. The quantitative estimate of drug-likeness (QED) is 0.305. The highest BCUT2D eigenvalue weighted by atomic mass is 35.5. The highest BCUT2D eigenvalue weighted by Crippen LogP contribution is 2.48. The third-order valence-electron chi connectivity index (χ3n) is 5.73. The van der Waals surface area contributed by atoms with Crippen molar-refractivity contribution in [3.63, 3.8) is 0 Å². The summed E-state index contributed by atoms with van der Waals surface area (Å²) >= 11 is 7.03. The Morgan fingerprint density at radius 2 is 2.08 bits per heavy atom. The maximum atomic E-state index is 13.4. The van der Waals surface area contributed by atoms with Crippen LogP contribution in [0.2, 0.25) is 5.02 Å². The number of aromatic nitrogens is 3. The van der Waals surface area contributed by atoms with Gasteiger partial charge in [-0.2, -0.15) is 5.10 Å². The largest absolute Gasteiger partial charge is 0.470 e. The summed E-state index contributed by atoms with van der Waals surface area (Å²) in [5.74, 6) is -0.840. The molecule has 3 N–H and O–H groups in total. The number of benzene rings is 1. The molecule has 4 aromatic rings. The van der Waals surface area contributed by atoms with Crippen LogP contribution in [0.4, 0.5) is 14.5 Å². The standard InChI is InChI=1S/C24H20ClF2N5O3S/c1-11-2-5-14(25)17(8-11)35-10-32-7-6-15(31-32)23(34)30-19-18-13(12-3-4-12)9-16(21(26)27)29-24(18)36-20(19)22(28)33/h2,5-9,12,21H,3-4,10H2,1H3,(H2,28,33)(H,30,34). The minimum atomic E-state index is -2.76. The Balaban J connectivity index is 1.42. The van der Waals surface area contributed by atoms with Crippen LogP contribution in [0.5, 0.6) is 5.75 Å². The first-order chi connectivity index (χ1) is 17.2. The number of nitrogens with zero attached hydrogens (tertiary/aromatic N) is 3. The second kappa shape index (κ2) is 9.47. The number of hydrogen-bond acceptors (Lipinski definition) is 6. The van der Waals surface area contributed by atoms with Crippen molar-refractivity contribution in [3.05, 3.63) is 68.9 Å². The van der Waals surface area contributed by atoms with Gasteiger partial charge < -0.3 is 15.8 Å². The molecule has 5 rings (SSSR count). The van der Waals surface area contributed by atoms with Crippen LogP contribution in [0, 0.1) is 6.92 Å². The van der Waals surface area contributed by atoms with Gasteiger partial charge >= 0.3 is 0 Å². The highest BCUT2D eigenvalue weighted by Gasteiger charge is 2.32. The van der Waals surface area contributed by atoms with Gasteiger partial charge in [0.2, 0.25) is 0 Å². The number of amides is 2. The lowest BCUT2D eigenvalue weighted by molar-refractivity contribution is 0.100. The van der Waals surface area contributed by atoms with E-state index in [-0.39, 0.29) is 39.4 Å². The molecule has 8 nitrogen and oxygen atoms in total. The number of primary amides is 1. The molecule has 0 bridgehead atoms. The van der Waals surface area contributed by atoms with Crippen molar-refractivity contribution < 1.29 is 23.1 Å². The fourth-order valence-electron chi connectivity index (χ4n) is 3.86. The summed E-state index contributed by atoms with van der Waals surface area (Å²) in [6.07, 6.45) is 0.453. The summed E-state index contributed by atoms with van der Waals surface area (Å²) in [5, 5.41) is 7.85. The predicted octanol–water partition coefficient (Wildman–Crippen LogP) is 5.66. The van der Waals surface area contributed by atoms with Gasteiger partial charge in [0.05, 0.1) is 10.7 Å². The number of aryl methyl sites for hydroxylation is 1. The predicted molar refractivity (Wildman–Crippen MR) is 132 cm³/mol. The molecule has 36 heavy (non-hydrogen) atoms. The molecule has 1 aliphatic rings. The van der Waals surface area contributed by atoms with Gasteiger partial charge in [-0.05, 0) is 61.1 Å². The molecule has 3 heterocycles. The SMILES string of the molecule is Cc1ccc(Cl)c(OCn2ccc(C(=O)Nc3c(C(N)=O)sc4nc(C(F)F)cc(C5CC5)c34)n2)c1. The zero-order valence-electron chi connectivity index (χ0n) is 18.9. The number of thiophene rings is 1. The van der Waals surface area contributed by atoms with Crippen LogP contribution in [-0.4, -0.2) is 26.6 Å². The summed E-state index contributed by atoms with van der Waals surface area (Å²) in [5.41, 5.74) is 7.02. The van der Waals surface area contributed by atoms with Crippen LogP contribution in [0.25, 0.3) is 10.2 Å². The van der Waals surface area contributed by atoms with Gasteiger partial charge in [0, 0.05) is 11.6 Å². The second-order valence-electron chi connectivity index (χ2n) is 8.46. The number of alkyl halides is 2. The molecule has 0 saturated heterocycles. The topological polar surface area (TPSA) is 112 Å². The van der Waals surface area contributed by atoms with Crippen LogP contribution in [0.3, 0.4) is 0 Å². The summed E-state index contributed by atoms with van der Waals surface area (Å²) < 4.78 is 34.0. The molecule has 0 spiro atoms. The number of hydrogen-bond donors (Lipinski definition) is 2.